The van der Waals surface area contributed by atoms with E-state index < -0.39 is 5.25 Å². The summed E-state index contributed by atoms with van der Waals surface area (Å²) in [5, 5.41) is 5.33. The molecular weight excluding hydrogens is 456 g/mol. The summed E-state index contributed by atoms with van der Waals surface area (Å²) in [5.74, 6) is 0.457. The monoisotopic (exact) mass is 480 g/mol. The summed E-state index contributed by atoms with van der Waals surface area (Å²) in [6.07, 6.45) is 3.22. The highest BCUT2D eigenvalue weighted by atomic mass is 32.2. The smallest absolute Gasteiger partial charge is 0.263 e. The predicted octanol–water partition coefficient (Wildman–Crippen LogP) is 5.09. The van der Waals surface area contributed by atoms with Crippen molar-refractivity contribution in [2.75, 3.05) is 24.3 Å². The van der Waals surface area contributed by atoms with E-state index in [0.29, 0.717) is 26.8 Å². The van der Waals surface area contributed by atoms with Crippen LogP contribution in [0.4, 0.5) is 11.4 Å². The average Bonchev–Trinajstić information content (AvgIpc) is 3.46. The molecule has 4 aromatic rings. The van der Waals surface area contributed by atoms with Crippen molar-refractivity contribution >= 4 is 50.6 Å². The number of carbonyl (C=O) groups is 1. The largest absolute Gasteiger partial charge is 0.464 e. The molecule has 9 heteroatoms. The number of nitrogens with zero attached hydrogens (tertiary/aromatic N) is 3. The first-order chi connectivity index (χ1) is 15.9. The lowest BCUT2D eigenvalue weighted by molar-refractivity contribution is -0.115. The fourth-order valence-corrected chi connectivity index (χ4v) is 5.18. The first-order valence-corrected chi connectivity index (χ1v) is 12.1. The SMILES string of the molecule is C=CCn1c(S[C@@H](C)C(=O)Nc2ccc(N(C)C)cc2)nc2scc(-c3ccco3)c2c1=O. The Morgan fingerprint density at radius 2 is 2.09 bits per heavy atom. The standard InChI is InChI=1S/C24H24N4O3S2/c1-5-12-28-23(30)20-18(19-7-6-13-31-19)14-32-22(20)26-24(28)33-15(2)21(29)25-16-8-10-17(11-9-16)27(3)4/h5-11,13-15H,1,12H2,2-4H3,(H,25,29)/t15-/m0/s1. The van der Waals surface area contributed by atoms with E-state index in [2.05, 4.69) is 11.9 Å². The Hall–Kier alpha value is -3.30. The Bertz CT molecular complexity index is 1340. The lowest BCUT2D eigenvalue weighted by Gasteiger charge is -2.16. The Balaban J connectivity index is 1.60. The predicted molar refractivity (Wildman–Crippen MR) is 136 cm³/mol. The lowest BCUT2D eigenvalue weighted by atomic mass is 10.2. The molecule has 0 radical (unpaired) electrons. The highest BCUT2D eigenvalue weighted by Gasteiger charge is 2.22. The van der Waals surface area contributed by atoms with Crippen LogP contribution in [-0.4, -0.2) is 34.8 Å². The first-order valence-electron chi connectivity index (χ1n) is 10.3. The fraction of sp³-hybridized carbons (Fsp3) is 0.208. The number of fused-ring (bicyclic) bond motifs is 1. The Morgan fingerprint density at radius 1 is 1.33 bits per heavy atom. The zero-order valence-electron chi connectivity index (χ0n) is 18.6. The average molecular weight is 481 g/mol. The third kappa shape index (κ3) is 4.74. The van der Waals surface area contributed by atoms with Gasteiger partial charge in [0.25, 0.3) is 5.56 Å². The van der Waals surface area contributed by atoms with Gasteiger partial charge in [0.15, 0.2) is 5.16 Å². The highest BCUT2D eigenvalue weighted by molar-refractivity contribution is 8.00. The van der Waals surface area contributed by atoms with Crippen molar-refractivity contribution in [3.63, 3.8) is 0 Å². The molecule has 3 aromatic heterocycles. The number of nitrogens with one attached hydrogen (secondary N) is 1. The second kappa shape index (κ2) is 9.68. The number of thiophene rings is 1. The quantitative estimate of drug-likeness (QED) is 0.215. The minimum Gasteiger partial charge on any atom is -0.464 e. The molecular formula is C24H24N4O3S2. The van der Waals surface area contributed by atoms with E-state index in [1.165, 1.54) is 23.1 Å². The van der Waals surface area contributed by atoms with Gasteiger partial charge in [0.2, 0.25) is 5.91 Å². The van der Waals surface area contributed by atoms with Crippen molar-refractivity contribution in [1.29, 1.82) is 0 Å². The molecule has 7 nitrogen and oxygen atoms in total. The lowest BCUT2D eigenvalue weighted by Crippen LogP contribution is -2.26. The summed E-state index contributed by atoms with van der Waals surface area (Å²) in [6, 6.07) is 11.2. The minimum atomic E-state index is -0.469. The number of allylic oxidation sites excluding steroid dienone is 1. The number of amides is 1. The number of rotatable bonds is 8. The number of hydrogen-bond donors (Lipinski definition) is 1. The molecule has 170 valence electrons. The minimum absolute atomic E-state index is 0.167. The number of carbonyl (C=O) groups excluding carboxylic acids is 1. The molecule has 33 heavy (non-hydrogen) atoms. The molecule has 0 fully saturated rings. The van der Waals surface area contributed by atoms with E-state index in [1.54, 1.807) is 29.9 Å². The number of anilines is 2. The molecule has 1 N–H and O–H groups in total. The number of benzene rings is 1. The van der Waals surface area contributed by atoms with Gasteiger partial charge in [-0.15, -0.1) is 17.9 Å². The topological polar surface area (TPSA) is 80.4 Å². The zero-order chi connectivity index (χ0) is 23.5. The molecule has 1 aromatic carbocycles. The van der Waals surface area contributed by atoms with E-state index in [9.17, 15) is 9.59 Å². The summed E-state index contributed by atoms with van der Waals surface area (Å²) in [6.45, 7) is 5.86. The molecule has 0 bridgehead atoms. The van der Waals surface area contributed by atoms with E-state index in [4.69, 9.17) is 9.40 Å². The summed E-state index contributed by atoms with van der Waals surface area (Å²) in [5.41, 5.74) is 2.30. The zero-order valence-corrected chi connectivity index (χ0v) is 20.2. The van der Waals surface area contributed by atoms with Crippen LogP contribution in [-0.2, 0) is 11.3 Å². The van der Waals surface area contributed by atoms with Crippen molar-refractivity contribution in [2.24, 2.45) is 0 Å². The highest BCUT2D eigenvalue weighted by Crippen LogP contribution is 2.33. The van der Waals surface area contributed by atoms with Gasteiger partial charge in [-0.1, -0.05) is 17.8 Å². The Kier molecular flexibility index (Phi) is 6.71. The van der Waals surface area contributed by atoms with Crippen molar-refractivity contribution in [2.45, 2.75) is 23.9 Å². The number of thioether (sulfide) groups is 1. The third-order valence-electron chi connectivity index (χ3n) is 5.06. The molecule has 4 rings (SSSR count). The first kappa shape index (κ1) is 22.9. The molecule has 0 saturated carbocycles. The summed E-state index contributed by atoms with van der Waals surface area (Å²) in [4.78, 5) is 33.5. The fourth-order valence-electron chi connectivity index (χ4n) is 3.30. The molecule has 1 atom stereocenters. The van der Waals surface area contributed by atoms with Crippen molar-refractivity contribution in [3.05, 3.63) is 71.1 Å². The Labute approximate surface area is 199 Å². The Morgan fingerprint density at radius 3 is 2.73 bits per heavy atom. The number of aromatic nitrogens is 2. The van der Waals surface area contributed by atoms with Crippen LogP contribution in [0.25, 0.3) is 21.5 Å². The van der Waals surface area contributed by atoms with Crippen molar-refractivity contribution in [3.8, 4) is 11.3 Å². The van der Waals surface area contributed by atoms with Gasteiger partial charge in [0.05, 0.1) is 16.9 Å². The molecule has 0 aliphatic heterocycles. The molecule has 0 saturated heterocycles. The van der Waals surface area contributed by atoms with Crippen LogP contribution in [0.15, 0.2) is 75.1 Å². The van der Waals surface area contributed by atoms with Gasteiger partial charge in [-0.2, -0.15) is 0 Å². The second-order valence-electron chi connectivity index (χ2n) is 7.60. The van der Waals surface area contributed by atoms with E-state index in [1.807, 2.05) is 54.7 Å². The summed E-state index contributed by atoms with van der Waals surface area (Å²) in [7, 11) is 3.92. The van der Waals surface area contributed by atoms with Crippen LogP contribution in [0.1, 0.15) is 6.92 Å². The van der Waals surface area contributed by atoms with E-state index in [0.717, 1.165) is 11.3 Å². The number of furan rings is 1. The third-order valence-corrected chi connectivity index (χ3v) is 7.02. The second-order valence-corrected chi connectivity index (χ2v) is 9.76. The van der Waals surface area contributed by atoms with Crippen LogP contribution in [0.2, 0.25) is 0 Å². The number of hydrogen-bond acceptors (Lipinski definition) is 7. The van der Waals surface area contributed by atoms with Crippen LogP contribution in [0.3, 0.4) is 0 Å². The molecule has 0 spiro atoms. The van der Waals surface area contributed by atoms with Gasteiger partial charge in [-0.25, -0.2) is 4.98 Å². The maximum atomic E-state index is 13.4. The van der Waals surface area contributed by atoms with Gasteiger partial charge in [0.1, 0.15) is 10.6 Å². The normalized spacial score (nSPS) is 12.0. The van der Waals surface area contributed by atoms with E-state index >= 15 is 0 Å². The molecule has 0 aliphatic carbocycles. The van der Waals surface area contributed by atoms with Gasteiger partial charge < -0.3 is 14.6 Å². The molecule has 0 aliphatic rings. The molecule has 0 unspecified atom stereocenters. The van der Waals surface area contributed by atoms with Crippen LogP contribution in [0.5, 0.6) is 0 Å². The van der Waals surface area contributed by atoms with Gasteiger partial charge >= 0.3 is 0 Å². The van der Waals surface area contributed by atoms with Gasteiger partial charge in [0, 0.05) is 43.0 Å². The van der Waals surface area contributed by atoms with Crippen molar-refractivity contribution < 1.29 is 9.21 Å². The maximum absolute atomic E-state index is 13.4. The van der Waals surface area contributed by atoms with Crippen LogP contribution >= 0.6 is 23.1 Å². The van der Waals surface area contributed by atoms with Crippen LogP contribution < -0.4 is 15.8 Å². The summed E-state index contributed by atoms with van der Waals surface area (Å²) >= 11 is 2.63. The van der Waals surface area contributed by atoms with E-state index in [-0.39, 0.29) is 18.0 Å². The maximum Gasteiger partial charge on any atom is 0.263 e. The van der Waals surface area contributed by atoms with Gasteiger partial charge in [-0.05, 0) is 43.3 Å². The van der Waals surface area contributed by atoms with Crippen LogP contribution in [0, 0.1) is 0 Å². The van der Waals surface area contributed by atoms with Gasteiger partial charge in [-0.3, -0.25) is 14.2 Å². The summed E-state index contributed by atoms with van der Waals surface area (Å²) < 4.78 is 7.04. The molecule has 1 amide bonds. The van der Waals surface area contributed by atoms with Crippen molar-refractivity contribution in [1.82, 2.24) is 9.55 Å². The molecule has 3 heterocycles.